The first-order valence-electron chi connectivity index (χ1n) is 13.4. The van der Waals surface area contributed by atoms with Gasteiger partial charge in [-0.05, 0) is 30.7 Å². The summed E-state index contributed by atoms with van der Waals surface area (Å²) >= 11 is 1.29. The van der Waals surface area contributed by atoms with Gasteiger partial charge in [-0.1, -0.05) is 11.3 Å². The first-order valence-corrected chi connectivity index (χ1v) is 14.2. The second-order valence-electron chi connectivity index (χ2n) is 10.2. The van der Waals surface area contributed by atoms with Crippen LogP contribution in [0.25, 0.3) is 10.2 Å². The molecule has 3 aliphatic heterocycles. The summed E-state index contributed by atoms with van der Waals surface area (Å²) in [5, 5.41) is 5.70. The van der Waals surface area contributed by atoms with Gasteiger partial charge in [0.2, 0.25) is 0 Å². The lowest BCUT2D eigenvalue weighted by molar-refractivity contribution is -0.286. The molecule has 234 valence electrons. The molecule has 2 aromatic heterocycles. The average molecular weight is 648 g/mol. The zero-order valence-electron chi connectivity index (χ0n) is 23.0. The van der Waals surface area contributed by atoms with Crippen molar-refractivity contribution in [3.8, 4) is 23.0 Å². The Balaban J connectivity index is 1.23. The number of ether oxygens (including phenoxy) is 5. The van der Waals surface area contributed by atoms with Crippen molar-refractivity contribution in [2.45, 2.75) is 31.4 Å². The predicted octanol–water partition coefficient (Wildman–Crippen LogP) is 5.10. The highest BCUT2D eigenvalue weighted by atomic mass is 32.1. The molecule has 5 heterocycles. The molecule has 2 saturated heterocycles. The van der Waals surface area contributed by atoms with E-state index in [4.69, 9.17) is 14.5 Å². The number of carbonyl (C=O) groups is 2. The van der Waals surface area contributed by atoms with Crippen molar-refractivity contribution in [3.63, 3.8) is 0 Å². The van der Waals surface area contributed by atoms with Crippen molar-refractivity contribution in [1.29, 1.82) is 0 Å². The summed E-state index contributed by atoms with van der Waals surface area (Å²) in [5.74, 6) is -2.84. The van der Waals surface area contributed by atoms with Gasteiger partial charge in [-0.2, -0.15) is 8.78 Å². The maximum atomic E-state index is 13.9. The second-order valence-corrected chi connectivity index (χ2v) is 11.1. The Bertz CT molecular complexity index is 1830. The number of aromatic nitrogens is 2. The highest BCUT2D eigenvalue weighted by molar-refractivity contribution is 7.22. The number of hydrogen-bond donors (Lipinski definition) is 2. The number of benzene rings is 2. The molecule has 7 rings (SSSR count). The summed E-state index contributed by atoms with van der Waals surface area (Å²) in [7, 11) is 1.39. The number of pyridine rings is 1. The number of nitrogens with one attached hydrogen (secondary N) is 2. The predicted molar refractivity (Wildman–Crippen MR) is 151 cm³/mol. The number of morpholine rings is 1. The van der Waals surface area contributed by atoms with Crippen LogP contribution in [0.5, 0.6) is 23.0 Å². The van der Waals surface area contributed by atoms with Crippen LogP contribution in [0.4, 0.5) is 34.2 Å². The number of amides is 2. The van der Waals surface area contributed by atoms with Gasteiger partial charge in [0.05, 0.1) is 53.9 Å². The standard InChI is InChI=1S/C28H21F4N5O7S/c1-40-18-3-2-16-23(45-27(35-16)37-12-6-13(37)11-41-10-12)22(18)25(39)34-17-9-20-19(43-28(31,32)44-20)8-15(17)24(38)36-21-7-14(4-5-33-21)42-26(29)30/h2-5,7-9,12-13,26H,6,10-11H2,1H3,(H,34,39)(H,33,36,38). The molecule has 3 aliphatic rings. The molecule has 0 saturated carbocycles. The van der Waals surface area contributed by atoms with Gasteiger partial charge < -0.3 is 39.2 Å². The molecular formula is C28H21F4N5O7S. The monoisotopic (exact) mass is 647 g/mol. The van der Waals surface area contributed by atoms with E-state index in [1.54, 1.807) is 12.1 Å². The number of nitrogens with zero attached hydrogens (tertiary/aromatic N) is 3. The highest BCUT2D eigenvalue weighted by Crippen LogP contribution is 2.45. The Morgan fingerprint density at radius 3 is 2.53 bits per heavy atom. The number of hydrogen-bond acceptors (Lipinski definition) is 11. The zero-order chi connectivity index (χ0) is 31.5. The molecule has 0 aliphatic carbocycles. The topological polar surface area (TPSA) is 133 Å². The molecule has 2 bridgehead atoms. The summed E-state index contributed by atoms with van der Waals surface area (Å²) in [5.41, 5.74) is 0.0892. The summed E-state index contributed by atoms with van der Waals surface area (Å²) in [6.07, 6.45) is -1.91. The van der Waals surface area contributed by atoms with Crippen LogP contribution in [0, 0.1) is 0 Å². The number of anilines is 3. The molecule has 17 heteroatoms. The van der Waals surface area contributed by atoms with Gasteiger partial charge in [0.25, 0.3) is 11.8 Å². The molecule has 45 heavy (non-hydrogen) atoms. The third-order valence-electron chi connectivity index (χ3n) is 7.36. The van der Waals surface area contributed by atoms with Gasteiger partial charge in [-0.25, -0.2) is 9.97 Å². The summed E-state index contributed by atoms with van der Waals surface area (Å²) in [4.78, 5) is 38.0. The lowest BCUT2D eigenvalue weighted by Crippen LogP contribution is -2.64. The smallest absolute Gasteiger partial charge is 0.496 e. The van der Waals surface area contributed by atoms with Gasteiger partial charge >= 0.3 is 12.9 Å². The van der Waals surface area contributed by atoms with E-state index < -0.39 is 36.2 Å². The number of thiazole rings is 1. The van der Waals surface area contributed by atoms with Gasteiger partial charge in [0, 0.05) is 18.3 Å². The fourth-order valence-electron chi connectivity index (χ4n) is 5.42. The van der Waals surface area contributed by atoms with Crippen molar-refractivity contribution in [2.24, 2.45) is 0 Å². The van der Waals surface area contributed by atoms with E-state index in [-0.39, 0.29) is 46.2 Å². The Morgan fingerprint density at radius 2 is 1.82 bits per heavy atom. The van der Waals surface area contributed by atoms with Crippen molar-refractivity contribution in [3.05, 3.63) is 53.7 Å². The van der Waals surface area contributed by atoms with Gasteiger partial charge in [0.15, 0.2) is 16.6 Å². The largest absolute Gasteiger partial charge is 0.586 e. The quantitative estimate of drug-likeness (QED) is 0.249. The average Bonchev–Trinajstić information content (AvgIpc) is 3.54. The summed E-state index contributed by atoms with van der Waals surface area (Å²) < 4.78 is 78.1. The van der Waals surface area contributed by atoms with Crippen LogP contribution in [-0.4, -0.2) is 67.1 Å². The van der Waals surface area contributed by atoms with Crippen molar-refractivity contribution < 1.29 is 50.8 Å². The molecule has 0 spiro atoms. The maximum Gasteiger partial charge on any atom is 0.586 e. The fourth-order valence-corrected chi connectivity index (χ4v) is 6.66. The van der Waals surface area contributed by atoms with Crippen molar-refractivity contribution >= 4 is 50.0 Å². The number of alkyl halides is 4. The second kappa shape index (κ2) is 10.9. The first-order chi connectivity index (χ1) is 21.6. The number of rotatable bonds is 8. The van der Waals surface area contributed by atoms with Crippen molar-refractivity contribution in [2.75, 3.05) is 35.9 Å². The van der Waals surface area contributed by atoms with Crippen LogP contribution in [0.3, 0.4) is 0 Å². The van der Waals surface area contributed by atoms with E-state index in [1.807, 2.05) is 0 Å². The Hall–Kier alpha value is -4.90. The van der Waals surface area contributed by atoms with Crippen LogP contribution in [0.2, 0.25) is 0 Å². The van der Waals surface area contributed by atoms with E-state index in [0.717, 1.165) is 36.9 Å². The van der Waals surface area contributed by atoms with Crippen molar-refractivity contribution in [1.82, 2.24) is 9.97 Å². The van der Waals surface area contributed by atoms with E-state index >= 15 is 0 Å². The van der Waals surface area contributed by atoms with E-state index in [2.05, 4.69) is 34.7 Å². The molecule has 2 unspecified atom stereocenters. The summed E-state index contributed by atoms with van der Waals surface area (Å²) in [6.45, 7) is -1.96. The van der Waals surface area contributed by atoms with Gasteiger partial charge in [0.1, 0.15) is 22.9 Å². The number of halogens is 4. The van der Waals surface area contributed by atoms with Gasteiger partial charge in [-0.15, -0.1) is 8.78 Å². The zero-order valence-corrected chi connectivity index (χ0v) is 23.8. The molecule has 12 nitrogen and oxygen atoms in total. The minimum Gasteiger partial charge on any atom is -0.496 e. The summed E-state index contributed by atoms with van der Waals surface area (Å²) in [6, 6.07) is 7.83. The Morgan fingerprint density at radius 1 is 1.07 bits per heavy atom. The minimum absolute atomic E-state index is 0.105. The van der Waals surface area contributed by atoms with Crippen LogP contribution >= 0.6 is 11.3 Å². The molecule has 0 radical (unpaired) electrons. The molecule has 2 amide bonds. The molecule has 2 fully saturated rings. The minimum atomic E-state index is -4.02. The van der Waals surface area contributed by atoms with Crippen LogP contribution in [0.15, 0.2) is 42.6 Å². The molecule has 2 aromatic carbocycles. The maximum absolute atomic E-state index is 13.9. The van der Waals surface area contributed by atoms with Crippen LogP contribution in [-0.2, 0) is 4.74 Å². The van der Waals surface area contributed by atoms with E-state index in [1.165, 1.54) is 18.4 Å². The van der Waals surface area contributed by atoms with E-state index in [0.29, 0.717) is 28.6 Å². The number of fused-ring (bicyclic) bond motifs is 4. The third kappa shape index (κ3) is 5.37. The Labute approximate surface area is 254 Å². The molecular weight excluding hydrogens is 626 g/mol. The van der Waals surface area contributed by atoms with Gasteiger partial charge in [-0.3, -0.25) is 9.59 Å². The van der Waals surface area contributed by atoms with Crippen LogP contribution < -0.4 is 34.5 Å². The third-order valence-corrected chi connectivity index (χ3v) is 8.46. The normalized spacial score (nSPS) is 19.3. The SMILES string of the molecule is COc1ccc2nc(N3C4COCC3C4)sc2c1C(=O)Nc1cc2c(cc1C(=O)Nc1cc(OC(F)F)ccn1)OC(F)(F)O2. The Kier molecular flexibility index (Phi) is 7.00. The lowest BCUT2D eigenvalue weighted by atomic mass is 9.92. The number of methoxy groups -OCH3 is 1. The molecule has 2 atom stereocenters. The highest BCUT2D eigenvalue weighted by Gasteiger charge is 2.45. The van der Waals surface area contributed by atoms with E-state index in [9.17, 15) is 27.2 Å². The first kappa shape index (κ1) is 28.8. The fraction of sp³-hybridized carbons (Fsp3) is 0.286. The van der Waals surface area contributed by atoms with Crippen LogP contribution in [0.1, 0.15) is 27.1 Å². The number of carbonyl (C=O) groups excluding carboxylic acids is 2. The molecule has 4 aromatic rings. The lowest BCUT2D eigenvalue weighted by Gasteiger charge is -2.52. The molecule has 2 N–H and O–H groups in total.